The Kier molecular flexibility index (Phi) is 5.67. The molecule has 0 fully saturated rings. The summed E-state index contributed by atoms with van der Waals surface area (Å²) in [5, 5.41) is 0. The lowest BCUT2D eigenvalue weighted by molar-refractivity contribution is -0.117. The number of hydrogen-bond acceptors (Lipinski definition) is 3. The summed E-state index contributed by atoms with van der Waals surface area (Å²) in [6, 6.07) is 22.3. The number of H-pyrrole nitrogens is 1. The molecule has 0 radical (unpaired) electrons. The second kappa shape index (κ2) is 8.56. The fourth-order valence-corrected chi connectivity index (χ4v) is 3.60. The van der Waals surface area contributed by atoms with Gasteiger partial charge in [0.15, 0.2) is 0 Å². The maximum Gasteiger partial charge on any atom is 0.221 e. The summed E-state index contributed by atoms with van der Waals surface area (Å²) in [5.41, 5.74) is 13.1. The minimum atomic E-state index is -0.327. The summed E-state index contributed by atoms with van der Waals surface area (Å²) in [6.45, 7) is 6.24. The molecule has 0 atom stereocenters. The van der Waals surface area contributed by atoms with Gasteiger partial charge in [-0.05, 0) is 41.8 Å². The number of aromatic amines is 1. The Bertz CT molecular complexity index is 1220. The third kappa shape index (κ3) is 4.56. The number of imidazole rings is 1. The van der Waals surface area contributed by atoms with Gasteiger partial charge in [-0.1, -0.05) is 62.4 Å². The van der Waals surface area contributed by atoms with Gasteiger partial charge in [0.25, 0.3) is 0 Å². The van der Waals surface area contributed by atoms with Gasteiger partial charge in [-0.15, -0.1) is 0 Å². The highest BCUT2D eigenvalue weighted by Gasteiger charge is 2.17. The van der Waals surface area contributed by atoms with Gasteiger partial charge in [0.1, 0.15) is 5.82 Å². The topological polar surface area (TPSA) is 84.7 Å². The fraction of sp³-hybridized carbons (Fsp3) is 0.192. The number of pyridine rings is 1. The van der Waals surface area contributed by atoms with Crippen LogP contribution >= 0.6 is 0 Å². The van der Waals surface area contributed by atoms with E-state index < -0.39 is 0 Å². The molecule has 156 valence electrons. The van der Waals surface area contributed by atoms with Crippen LogP contribution in [0.1, 0.15) is 36.8 Å². The molecule has 0 spiro atoms. The molecule has 5 heteroatoms. The van der Waals surface area contributed by atoms with Gasteiger partial charge >= 0.3 is 0 Å². The molecule has 0 aliphatic rings. The summed E-state index contributed by atoms with van der Waals surface area (Å²) in [5.74, 6) is 0.888. The average molecular weight is 411 g/mol. The summed E-state index contributed by atoms with van der Waals surface area (Å²) in [6.07, 6.45) is 0.248. The van der Waals surface area contributed by atoms with E-state index >= 15 is 0 Å². The highest BCUT2D eigenvalue weighted by atomic mass is 16.1. The first-order chi connectivity index (χ1) is 14.9. The first-order valence-electron chi connectivity index (χ1n) is 10.4. The van der Waals surface area contributed by atoms with Crippen LogP contribution in [0.4, 0.5) is 0 Å². The van der Waals surface area contributed by atoms with Crippen molar-refractivity contribution in [3.05, 3.63) is 83.8 Å². The van der Waals surface area contributed by atoms with Crippen molar-refractivity contribution in [2.24, 2.45) is 5.73 Å². The molecule has 0 aliphatic heterocycles. The van der Waals surface area contributed by atoms with Crippen molar-refractivity contribution >= 4 is 5.91 Å². The minimum absolute atomic E-state index is 0.248. The van der Waals surface area contributed by atoms with Crippen molar-refractivity contribution in [1.29, 1.82) is 0 Å². The number of nitrogens with two attached hydrogens (primary N) is 1. The van der Waals surface area contributed by atoms with Crippen LogP contribution in [-0.4, -0.2) is 20.9 Å². The predicted octanol–water partition coefficient (Wildman–Crippen LogP) is 5.27. The summed E-state index contributed by atoms with van der Waals surface area (Å²) in [7, 11) is 0. The van der Waals surface area contributed by atoms with Crippen molar-refractivity contribution in [3.63, 3.8) is 0 Å². The number of hydrogen-bond donors (Lipinski definition) is 2. The number of carbonyl (C=O) groups excluding carboxylic acids is 1. The van der Waals surface area contributed by atoms with E-state index in [-0.39, 0.29) is 18.2 Å². The van der Waals surface area contributed by atoms with Crippen LogP contribution in [0, 0.1) is 6.92 Å². The summed E-state index contributed by atoms with van der Waals surface area (Å²) < 4.78 is 0. The molecule has 2 aromatic heterocycles. The number of nitrogens with zero attached hydrogens (tertiary/aromatic N) is 2. The van der Waals surface area contributed by atoms with E-state index in [1.807, 2.05) is 55.5 Å². The number of amides is 1. The quantitative estimate of drug-likeness (QED) is 0.454. The third-order valence-electron chi connectivity index (χ3n) is 5.22. The molecule has 2 heterocycles. The highest BCUT2D eigenvalue weighted by molar-refractivity contribution is 5.80. The molecular formula is C26H26N4O. The zero-order valence-electron chi connectivity index (χ0n) is 18.0. The second-order valence-corrected chi connectivity index (χ2v) is 8.09. The van der Waals surface area contributed by atoms with Gasteiger partial charge in [0.05, 0.1) is 23.5 Å². The van der Waals surface area contributed by atoms with Crippen molar-refractivity contribution in [1.82, 2.24) is 15.0 Å². The molecule has 5 nitrogen and oxygen atoms in total. The lowest BCUT2D eigenvalue weighted by atomic mass is 9.99. The molecule has 0 aliphatic carbocycles. The van der Waals surface area contributed by atoms with Gasteiger partial charge in [-0.3, -0.25) is 9.78 Å². The number of benzene rings is 2. The van der Waals surface area contributed by atoms with E-state index in [9.17, 15) is 4.79 Å². The second-order valence-electron chi connectivity index (χ2n) is 8.09. The van der Waals surface area contributed by atoms with Crippen LogP contribution in [0.2, 0.25) is 0 Å². The minimum Gasteiger partial charge on any atom is -0.369 e. The molecule has 2 aromatic carbocycles. The number of rotatable bonds is 6. The van der Waals surface area contributed by atoms with Crippen LogP contribution in [0.15, 0.2) is 66.7 Å². The van der Waals surface area contributed by atoms with Gasteiger partial charge in [0.2, 0.25) is 5.91 Å². The van der Waals surface area contributed by atoms with Crippen LogP contribution in [-0.2, 0) is 11.2 Å². The summed E-state index contributed by atoms with van der Waals surface area (Å²) >= 11 is 0. The van der Waals surface area contributed by atoms with Crippen molar-refractivity contribution < 1.29 is 4.79 Å². The first-order valence-corrected chi connectivity index (χ1v) is 10.4. The predicted molar refractivity (Wildman–Crippen MR) is 124 cm³/mol. The van der Waals surface area contributed by atoms with Gasteiger partial charge in [-0.25, -0.2) is 4.98 Å². The Hall–Kier alpha value is -3.73. The van der Waals surface area contributed by atoms with Gasteiger partial charge in [-0.2, -0.15) is 0 Å². The Morgan fingerprint density at radius 2 is 1.65 bits per heavy atom. The number of aromatic nitrogens is 3. The Labute approximate surface area is 182 Å². The van der Waals surface area contributed by atoms with Crippen LogP contribution < -0.4 is 5.73 Å². The number of primary amides is 1. The largest absolute Gasteiger partial charge is 0.369 e. The normalized spacial score (nSPS) is 11.1. The first kappa shape index (κ1) is 20.5. The van der Waals surface area contributed by atoms with E-state index in [2.05, 4.69) is 37.0 Å². The fourth-order valence-electron chi connectivity index (χ4n) is 3.60. The zero-order valence-corrected chi connectivity index (χ0v) is 18.0. The monoisotopic (exact) mass is 410 g/mol. The molecule has 1 amide bonds. The molecule has 3 N–H and O–H groups in total. The van der Waals surface area contributed by atoms with Crippen molar-refractivity contribution in [2.75, 3.05) is 0 Å². The van der Waals surface area contributed by atoms with E-state index in [0.29, 0.717) is 0 Å². The molecular weight excluding hydrogens is 384 g/mol. The van der Waals surface area contributed by atoms with Crippen molar-refractivity contribution in [2.45, 2.75) is 33.1 Å². The van der Waals surface area contributed by atoms with E-state index in [0.717, 1.165) is 50.9 Å². The number of aryl methyl sites for hydroxylation is 1. The van der Waals surface area contributed by atoms with E-state index in [1.165, 1.54) is 0 Å². The Morgan fingerprint density at radius 1 is 0.935 bits per heavy atom. The lowest BCUT2D eigenvalue weighted by Gasteiger charge is -2.07. The molecule has 0 saturated heterocycles. The number of carbonyl (C=O) groups is 1. The molecule has 0 bridgehead atoms. The SMILES string of the molecule is Cc1cccc(-c2[nH]c(C(C)C)nc2-c2cccc(-c3ccc(CC(N)=O)cc3)c2)n1. The van der Waals surface area contributed by atoms with Crippen molar-refractivity contribution in [3.8, 4) is 33.8 Å². The Morgan fingerprint density at radius 3 is 2.32 bits per heavy atom. The summed E-state index contributed by atoms with van der Waals surface area (Å²) in [4.78, 5) is 24.3. The maximum absolute atomic E-state index is 11.2. The standard InChI is InChI=1S/C26H26N4O/c1-16(2)26-29-24(25(30-26)22-9-4-6-17(3)28-22)21-8-5-7-20(15-21)19-12-10-18(11-13-19)14-23(27)31/h4-13,15-16H,14H2,1-3H3,(H2,27,31)(H,29,30). The maximum atomic E-state index is 11.2. The average Bonchev–Trinajstić information content (AvgIpc) is 3.20. The third-order valence-corrected chi connectivity index (χ3v) is 5.22. The lowest BCUT2D eigenvalue weighted by Crippen LogP contribution is -2.13. The van der Waals surface area contributed by atoms with Gasteiger partial charge < -0.3 is 10.7 Å². The molecule has 0 saturated carbocycles. The molecule has 4 aromatic rings. The number of nitrogens with one attached hydrogen (secondary N) is 1. The molecule has 0 unspecified atom stereocenters. The highest BCUT2D eigenvalue weighted by Crippen LogP contribution is 2.33. The smallest absolute Gasteiger partial charge is 0.221 e. The Balaban J connectivity index is 1.76. The van der Waals surface area contributed by atoms with E-state index in [1.54, 1.807) is 0 Å². The molecule has 4 rings (SSSR count). The van der Waals surface area contributed by atoms with Gasteiger partial charge in [0, 0.05) is 17.2 Å². The van der Waals surface area contributed by atoms with Crippen LogP contribution in [0.5, 0.6) is 0 Å². The van der Waals surface area contributed by atoms with Crippen LogP contribution in [0.25, 0.3) is 33.8 Å². The van der Waals surface area contributed by atoms with Crippen LogP contribution in [0.3, 0.4) is 0 Å². The molecule has 31 heavy (non-hydrogen) atoms. The van der Waals surface area contributed by atoms with E-state index in [4.69, 9.17) is 15.7 Å². The zero-order chi connectivity index (χ0) is 22.0.